The molecule has 27 heavy (non-hydrogen) atoms. The first kappa shape index (κ1) is 19.5. The van der Waals surface area contributed by atoms with Gasteiger partial charge in [0.25, 0.3) is 0 Å². The third kappa shape index (κ3) is 5.13. The van der Waals surface area contributed by atoms with Crippen LogP contribution in [0, 0.1) is 0 Å². The lowest BCUT2D eigenvalue weighted by atomic mass is 10.1. The van der Waals surface area contributed by atoms with Gasteiger partial charge in [-0.25, -0.2) is 0 Å². The summed E-state index contributed by atoms with van der Waals surface area (Å²) in [5.74, 6) is 1.99. The molecule has 0 radical (unpaired) electrons. The molecule has 1 aromatic carbocycles. The second kappa shape index (κ2) is 9.60. The van der Waals surface area contributed by atoms with E-state index in [0.29, 0.717) is 11.5 Å². The lowest BCUT2D eigenvalue weighted by Crippen LogP contribution is -2.33. The van der Waals surface area contributed by atoms with Crippen molar-refractivity contribution in [1.29, 1.82) is 0 Å². The zero-order valence-electron chi connectivity index (χ0n) is 15.8. The maximum atomic E-state index is 12.4. The number of methoxy groups -OCH3 is 2. The Hall–Kier alpha value is -2.28. The van der Waals surface area contributed by atoms with Crippen LogP contribution >= 0.6 is 11.8 Å². The van der Waals surface area contributed by atoms with Gasteiger partial charge in [-0.05, 0) is 37.1 Å². The number of amides is 1. The monoisotopic (exact) mass is 387 g/mol. The van der Waals surface area contributed by atoms with Crippen molar-refractivity contribution in [2.45, 2.75) is 30.7 Å². The Kier molecular flexibility index (Phi) is 6.92. The fraction of sp³-hybridized carbons (Fsp3) is 0.450. The highest BCUT2D eigenvalue weighted by atomic mass is 32.2. The highest BCUT2D eigenvalue weighted by Gasteiger charge is 2.16. The Bertz CT molecular complexity index is 760. The number of benzene rings is 1. The van der Waals surface area contributed by atoms with Gasteiger partial charge >= 0.3 is 0 Å². The van der Waals surface area contributed by atoms with E-state index in [9.17, 15) is 4.79 Å². The molecule has 1 aliphatic rings. The van der Waals surface area contributed by atoms with Gasteiger partial charge in [-0.2, -0.15) is 0 Å². The van der Waals surface area contributed by atoms with E-state index in [2.05, 4.69) is 10.2 Å². The molecule has 1 saturated heterocycles. The Morgan fingerprint density at radius 2 is 1.81 bits per heavy atom. The van der Waals surface area contributed by atoms with Gasteiger partial charge in [-0.15, -0.1) is 10.2 Å². The van der Waals surface area contributed by atoms with E-state index in [0.717, 1.165) is 48.0 Å². The summed E-state index contributed by atoms with van der Waals surface area (Å²) < 4.78 is 10.6. The molecule has 1 amide bonds. The number of hydrogen-bond acceptors (Lipinski definition) is 6. The molecule has 7 heteroatoms. The molecule has 1 aromatic heterocycles. The third-order valence-electron chi connectivity index (χ3n) is 4.63. The Labute approximate surface area is 164 Å². The van der Waals surface area contributed by atoms with Crippen LogP contribution in [-0.2, 0) is 4.79 Å². The minimum atomic E-state index is 0.185. The van der Waals surface area contributed by atoms with Crippen LogP contribution in [0.5, 0.6) is 11.5 Å². The first-order chi connectivity index (χ1) is 13.2. The summed E-state index contributed by atoms with van der Waals surface area (Å²) in [4.78, 5) is 14.4. The quantitative estimate of drug-likeness (QED) is 0.705. The Morgan fingerprint density at radius 1 is 1.04 bits per heavy atom. The first-order valence-electron chi connectivity index (χ1n) is 9.18. The number of carbonyl (C=O) groups is 1. The molecular formula is C20H25N3O3S. The molecule has 3 rings (SSSR count). The fourth-order valence-electron chi connectivity index (χ4n) is 3.10. The molecule has 1 fully saturated rings. The summed E-state index contributed by atoms with van der Waals surface area (Å²) in [6, 6.07) is 9.38. The molecule has 0 saturated carbocycles. The van der Waals surface area contributed by atoms with Gasteiger partial charge in [-0.3, -0.25) is 4.79 Å². The van der Waals surface area contributed by atoms with Crippen LogP contribution in [0.25, 0.3) is 11.3 Å². The molecule has 1 aliphatic heterocycles. The Morgan fingerprint density at radius 3 is 2.44 bits per heavy atom. The molecule has 0 atom stereocenters. The van der Waals surface area contributed by atoms with Crippen LogP contribution in [0.15, 0.2) is 35.4 Å². The molecule has 0 spiro atoms. The molecule has 0 N–H and O–H groups in total. The highest BCUT2D eigenvalue weighted by Crippen LogP contribution is 2.32. The van der Waals surface area contributed by atoms with Gasteiger partial charge in [0.15, 0.2) is 0 Å². The van der Waals surface area contributed by atoms with Crippen molar-refractivity contribution in [3.8, 4) is 22.8 Å². The van der Waals surface area contributed by atoms with E-state index in [4.69, 9.17) is 9.47 Å². The first-order valence-corrected chi connectivity index (χ1v) is 10.2. The van der Waals surface area contributed by atoms with Gasteiger partial charge in [-0.1, -0.05) is 24.6 Å². The van der Waals surface area contributed by atoms with Gasteiger partial charge in [0.1, 0.15) is 16.5 Å². The Balaban J connectivity index is 1.63. The SMILES string of the molecule is COc1ccc(-c2ccc(SCC(=O)N3CCCCCC3)nn2)c(OC)c1. The zero-order valence-corrected chi connectivity index (χ0v) is 16.6. The number of rotatable bonds is 6. The van der Waals surface area contributed by atoms with Crippen molar-refractivity contribution in [2.75, 3.05) is 33.1 Å². The van der Waals surface area contributed by atoms with Crippen molar-refractivity contribution in [1.82, 2.24) is 15.1 Å². The molecule has 144 valence electrons. The largest absolute Gasteiger partial charge is 0.497 e. The van der Waals surface area contributed by atoms with Crippen LogP contribution < -0.4 is 9.47 Å². The maximum Gasteiger partial charge on any atom is 0.232 e. The van der Waals surface area contributed by atoms with E-state index < -0.39 is 0 Å². The third-order valence-corrected chi connectivity index (χ3v) is 5.53. The summed E-state index contributed by atoms with van der Waals surface area (Å²) >= 11 is 1.43. The van der Waals surface area contributed by atoms with Crippen LogP contribution in [0.4, 0.5) is 0 Å². The molecule has 2 heterocycles. The van der Waals surface area contributed by atoms with E-state index >= 15 is 0 Å². The van der Waals surface area contributed by atoms with Gasteiger partial charge < -0.3 is 14.4 Å². The highest BCUT2D eigenvalue weighted by molar-refractivity contribution is 7.99. The second-order valence-corrected chi connectivity index (χ2v) is 7.40. The molecular weight excluding hydrogens is 362 g/mol. The number of ether oxygens (including phenoxy) is 2. The minimum Gasteiger partial charge on any atom is -0.497 e. The van der Waals surface area contributed by atoms with E-state index in [1.807, 2.05) is 35.2 Å². The summed E-state index contributed by atoms with van der Waals surface area (Å²) in [7, 11) is 3.23. The zero-order chi connectivity index (χ0) is 19.1. The number of nitrogens with zero attached hydrogens (tertiary/aromatic N) is 3. The normalized spacial score (nSPS) is 14.5. The molecule has 0 unspecified atom stereocenters. The number of likely N-dealkylation sites (tertiary alicyclic amines) is 1. The standard InChI is InChI=1S/C20H25N3O3S/c1-25-15-7-8-16(18(13-15)26-2)17-9-10-19(22-21-17)27-14-20(24)23-11-5-3-4-6-12-23/h7-10,13H,3-6,11-12,14H2,1-2H3. The van der Waals surface area contributed by atoms with Crippen LogP contribution in [0.3, 0.4) is 0 Å². The minimum absolute atomic E-state index is 0.185. The fourth-order valence-corrected chi connectivity index (χ4v) is 3.81. The van der Waals surface area contributed by atoms with Crippen molar-refractivity contribution >= 4 is 17.7 Å². The van der Waals surface area contributed by atoms with Crippen molar-refractivity contribution < 1.29 is 14.3 Å². The lowest BCUT2D eigenvalue weighted by molar-refractivity contribution is -0.128. The van der Waals surface area contributed by atoms with Crippen LogP contribution in [0.2, 0.25) is 0 Å². The smallest absolute Gasteiger partial charge is 0.232 e. The van der Waals surface area contributed by atoms with Crippen molar-refractivity contribution in [3.63, 3.8) is 0 Å². The molecule has 2 aromatic rings. The van der Waals surface area contributed by atoms with E-state index in [1.54, 1.807) is 14.2 Å². The van der Waals surface area contributed by atoms with Crippen LogP contribution in [0.1, 0.15) is 25.7 Å². The average Bonchev–Trinajstić information content (AvgIpc) is 3.01. The van der Waals surface area contributed by atoms with Gasteiger partial charge in [0, 0.05) is 24.7 Å². The summed E-state index contributed by atoms with van der Waals surface area (Å²) in [6.45, 7) is 1.75. The average molecular weight is 388 g/mol. The van der Waals surface area contributed by atoms with E-state index in [1.165, 1.54) is 24.6 Å². The van der Waals surface area contributed by atoms with Gasteiger partial charge in [0.2, 0.25) is 5.91 Å². The van der Waals surface area contributed by atoms with Gasteiger partial charge in [0.05, 0.1) is 25.7 Å². The van der Waals surface area contributed by atoms with E-state index in [-0.39, 0.29) is 5.91 Å². The second-order valence-electron chi connectivity index (χ2n) is 6.41. The lowest BCUT2D eigenvalue weighted by Gasteiger charge is -2.19. The maximum absolute atomic E-state index is 12.4. The summed E-state index contributed by atoms with van der Waals surface area (Å²) in [5.41, 5.74) is 1.57. The summed E-state index contributed by atoms with van der Waals surface area (Å²) in [6.07, 6.45) is 4.65. The van der Waals surface area contributed by atoms with Crippen molar-refractivity contribution in [2.24, 2.45) is 0 Å². The number of thioether (sulfide) groups is 1. The number of hydrogen-bond donors (Lipinski definition) is 0. The molecule has 0 bridgehead atoms. The van der Waals surface area contributed by atoms with Crippen LogP contribution in [-0.4, -0.2) is 54.1 Å². The molecule has 0 aliphatic carbocycles. The van der Waals surface area contributed by atoms with Crippen molar-refractivity contribution in [3.05, 3.63) is 30.3 Å². The predicted molar refractivity (Wildman–Crippen MR) is 106 cm³/mol. The topological polar surface area (TPSA) is 64.5 Å². The number of aromatic nitrogens is 2. The molecule has 6 nitrogen and oxygen atoms in total. The predicted octanol–water partition coefficient (Wildman–Crippen LogP) is 3.66. The number of carbonyl (C=O) groups excluding carboxylic acids is 1. The summed E-state index contributed by atoms with van der Waals surface area (Å²) in [5, 5.41) is 9.31.